The zero-order valence-corrected chi connectivity index (χ0v) is 16.8. The van der Waals surface area contributed by atoms with Crippen LogP contribution in [-0.2, 0) is 0 Å². The number of fused-ring (bicyclic) bond motifs is 2. The van der Waals surface area contributed by atoms with Gasteiger partial charge in [0.05, 0.1) is 17.7 Å². The van der Waals surface area contributed by atoms with Crippen molar-refractivity contribution in [1.82, 2.24) is 14.9 Å². The molecule has 0 aliphatic carbocycles. The van der Waals surface area contributed by atoms with E-state index in [1.54, 1.807) is 0 Å². The zero-order valence-electron chi connectivity index (χ0n) is 16.8. The molecule has 0 bridgehead atoms. The number of rotatable bonds is 7. The van der Waals surface area contributed by atoms with Crippen LogP contribution in [-0.4, -0.2) is 83.2 Å². The molecule has 0 amide bonds. The normalized spacial score (nSPS) is 14.0. The standard InChI is InChI=1S/C20H22N4O7/c1-9(25)24(10(2)26)6-5-21-8-12-14(28)7-15(29)19-17(12)23-18-13(27)4-3-11(20(30)31)16(18)22-19/h3-4,7-10,25-29H,5-6H2,1-2H3,(H,30,31)/b21-8+. The lowest BCUT2D eigenvalue weighted by atomic mass is 10.1. The summed E-state index contributed by atoms with van der Waals surface area (Å²) in [5.41, 5.74) is -0.400. The topological polar surface area (TPSA) is 180 Å². The van der Waals surface area contributed by atoms with Gasteiger partial charge in [0.15, 0.2) is 0 Å². The van der Waals surface area contributed by atoms with Gasteiger partial charge in [-0.3, -0.25) is 9.89 Å². The van der Waals surface area contributed by atoms with E-state index in [2.05, 4.69) is 15.0 Å². The number of aliphatic hydroxyl groups excluding tert-OH is 2. The smallest absolute Gasteiger partial charge is 0.337 e. The molecular weight excluding hydrogens is 408 g/mol. The number of benzene rings is 2. The number of hydrogen-bond donors (Lipinski definition) is 6. The Balaban J connectivity index is 2.09. The molecule has 0 aliphatic rings. The maximum Gasteiger partial charge on any atom is 0.337 e. The first-order valence-electron chi connectivity index (χ1n) is 9.35. The first-order valence-corrected chi connectivity index (χ1v) is 9.35. The van der Waals surface area contributed by atoms with Crippen molar-refractivity contribution in [2.45, 2.75) is 26.3 Å². The summed E-state index contributed by atoms with van der Waals surface area (Å²) in [4.78, 5) is 25.5. The molecule has 0 radical (unpaired) electrons. The van der Waals surface area contributed by atoms with Crippen LogP contribution in [0, 0.1) is 0 Å². The van der Waals surface area contributed by atoms with Crippen molar-refractivity contribution in [3.05, 3.63) is 29.3 Å². The number of hydrogen-bond acceptors (Lipinski definition) is 10. The van der Waals surface area contributed by atoms with Gasteiger partial charge in [0.25, 0.3) is 0 Å². The second-order valence-electron chi connectivity index (χ2n) is 6.92. The number of carboxylic acids is 1. The summed E-state index contributed by atoms with van der Waals surface area (Å²) in [5, 5.41) is 59.4. The van der Waals surface area contributed by atoms with E-state index in [1.165, 1.54) is 37.1 Å². The number of aromatic carboxylic acids is 1. The lowest BCUT2D eigenvalue weighted by Crippen LogP contribution is -2.41. The molecule has 164 valence electrons. The van der Waals surface area contributed by atoms with Crippen LogP contribution in [0.25, 0.3) is 22.1 Å². The zero-order chi connectivity index (χ0) is 22.9. The van der Waals surface area contributed by atoms with Crippen LogP contribution in [0.1, 0.15) is 29.8 Å². The molecule has 2 aromatic carbocycles. The van der Waals surface area contributed by atoms with Gasteiger partial charge in [-0.25, -0.2) is 14.8 Å². The predicted octanol–water partition coefficient (Wildman–Crippen LogP) is 0.995. The second kappa shape index (κ2) is 8.68. The van der Waals surface area contributed by atoms with E-state index >= 15 is 0 Å². The van der Waals surface area contributed by atoms with Gasteiger partial charge in [0.1, 0.15) is 51.8 Å². The van der Waals surface area contributed by atoms with Crippen LogP contribution in [0.4, 0.5) is 0 Å². The minimum Gasteiger partial charge on any atom is -0.507 e. The summed E-state index contributed by atoms with van der Waals surface area (Å²) in [7, 11) is 0. The summed E-state index contributed by atoms with van der Waals surface area (Å²) in [5.74, 6) is -2.36. The van der Waals surface area contributed by atoms with Crippen molar-refractivity contribution in [3.8, 4) is 17.2 Å². The Morgan fingerprint density at radius 3 is 2.23 bits per heavy atom. The Morgan fingerprint density at radius 2 is 1.61 bits per heavy atom. The van der Waals surface area contributed by atoms with E-state index in [9.17, 15) is 35.4 Å². The number of carboxylic acid groups (broad SMARTS) is 1. The largest absolute Gasteiger partial charge is 0.507 e. The molecule has 2 atom stereocenters. The summed E-state index contributed by atoms with van der Waals surface area (Å²) in [6.45, 7) is 3.40. The van der Waals surface area contributed by atoms with Gasteiger partial charge in [-0.2, -0.15) is 0 Å². The van der Waals surface area contributed by atoms with E-state index in [4.69, 9.17) is 0 Å². The fourth-order valence-corrected chi connectivity index (χ4v) is 3.20. The molecular formula is C20H22N4O7. The van der Waals surface area contributed by atoms with E-state index < -0.39 is 24.2 Å². The number of nitrogens with zero attached hydrogens (tertiary/aromatic N) is 4. The number of aromatic nitrogens is 2. The fourth-order valence-electron chi connectivity index (χ4n) is 3.20. The second-order valence-corrected chi connectivity index (χ2v) is 6.92. The van der Waals surface area contributed by atoms with Crippen LogP contribution >= 0.6 is 0 Å². The SMILES string of the molecule is CC(O)N(CC/N=C/c1c(O)cc(O)c2nc3c(C(=O)O)ccc(O)c3nc12)C(C)O. The Labute approximate surface area is 176 Å². The van der Waals surface area contributed by atoms with Crippen molar-refractivity contribution in [3.63, 3.8) is 0 Å². The highest BCUT2D eigenvalue weighted by molar-refractivity contribution is 6.08. The molecule has 11 heteroatoms. The van der Waals surface area contributed by atoms with Crippen LogP contribution in [0.3, 0.4) is 0 Å². The van der Waals surface area contributed by atoms with Crippen LogP contribution in [0.5, 0.6) is 17.2 Å². The van der Waals surface area contributed by atoms with Crippen LogP contribution in [0.2, 0.25) is 0 Å². The highest BCUT2D eigenvalue weighted by Crippen LogP contribution is 2.35. The third kappa shape index (κ3) is 4.33. The number of aliphatic hydroxyl groups is 2. The maximum absolute atomic E-state index is 11.5. The van der Waals surface area contributed by atoms with Gasteiger partial charge in [0.2, 0.25) is 0 Å². The van der Waals surface area contributed by atoms with Crippen molar-refractivity contribution < 1.29 is 35.4 Å². The first kappa shape index (κ1) is 22.2. The van der Waals surface area contributed by atoms with E-state index in [-0.39, 0.29) is 57.8 Å². The molecule has 0 aliphatic heterocycles. The number of aliphatic imine (C=N–C) groups is 1. The van der Waals surface area contributed by atoms with E-state index in [0.29, 0.717) is 0 Å². The molecule has 0 spiro atoms. The van der Waals surface area contributed by atoms with Gasteiger partial charge in [-0.1, -0.05) is 0 Å². The predicted molar refractivity (Wildman–Crippen MR) is 112 cm³/mol. The van der Waals surface area contributed by atoms with E-state index in [1.807, 2.05) is 0 Å². The fraction of sp³-hybridized carbons (Fsp3) is 0.300. The van der Waals surface area contributed by atoms with E-state index in [0.717, 1.165) is 6.07 Å². The van der Waals surface area contributed by atoms with Gasteiger partial charge < -0.3 is 30.6 Å². The van der Waals surface area contributed by atoms with Crippen LogP contribution < -0.4 is 0 Å². The van der Waals surface area contributed by atoms with Crippen molar-refractivity contribution in [2.24, 2.45) is 4.99 Å². The van der Waals surface area contributed by atoms with Gasteiger partial charge in [-0.05, 0) is 26.0 Å². The molecule has 2 unspecified atom stereocenters. The summed E-state index contributed by atoms with van der Waals surface area (Å²) >= 11 is 0. The molecule has 11 nitrogen and oxygen atoms in total. The van der Waals surface area contributed by atoms with Crippen molar-refractivity contribution >= 4 is 34.3 Å². The maximum atomic E-state index is 11.5. The molecule has 0 saturated carbocycles. The monoisotopic (exact) mass is 430 g/mol. The number of aromatic hydroxyl groups is 3. The Bertz CT molecular complexity index is 1170. The summed E-state index contributed by atoms with van der Waals surface area (Å²) in [6.07, 6.45) is -0.485. The average molecular weight is 430 g/mol. The minimum atomic E-state index is -1.28. The highest BCUT2D eigenvalue weighted by atomic mass is 16.4. The molecule has 0 fully saturated rings. The Morgan fingerprint density at radius 1 is 1.00 bits per heavy atom. The third-order valence-electron chi connectivity index (χ3n) is 4.75. The molecule has 31 heavy (non-hydrogen) atoms. The molecule has 6 N–H and O–H groups in total. The van der Waals surface area contributed by atoms with Gasteiger partial charge in [0, 0.05) is 18.8 Å². The molecule has 0 saturated heterocycles. The molecule has 1 heterocycles. The Hall–Kier alpha value is -3.54. The highest BCUT2D eigenvalue weighted by Gasteiger charge is 2.20. The summed E-state index contributed by atoms with van der Waals surface area (Å²) in [6, 6.07) is 3.38. The van der Waals surface area contributed by atoms with Gasteiger partial charge >= 0.3 is 5.97 Å². The summed E-state index contributed by atoms with van der Waals surface area (Å²) < 4.78 is 0. The van der Waals surface area contributed by atoms with Gasteiger partial charge in [-0.15, -0.1) is 0 Å². The minimum absolute atomic E-state index is 0.00879. The molecule has 1 aromatic heterocycles. The average Bonchev–Trinajstić information content (AvgIpc) is 2.68. The molecule has 3 aromatic rings. The third-order valence-corrected chi connectivity index (χ3v) is 4.75. The van der Waals surface area contributed by atoms with Crippen molar-refractivity contribution in [1.29, 1.82) is 0 Å². The lowest BCUT2D eigenvalue weighted by Gasteiger charge is -2.27. The lowest BCUT2D eigenvalue weighted by molar-refractivity contribution is -0.0818. The number of phenolic OH excluding ortho intramolecular Hbond substituents is 3. The van der Waals surface area contributed by atoms with Crippen LogP contribution in [0.15, 0.2) is 23.2 Å². The first-order chi connectivity index (χ1) is 14.6. The van der Waals surface area contributed by atoms with Crippen molar-refractivity contribution in [2.75, 3.05) is 13.1 Å². The number of phenols is 3. The number of carbonyl (C=O) groups is 1. The quantitative estimate of drug-likeness (QED) is 0.180. The Kier molecular flexibility index (Phi) is 6.20. The molecule has 3 rings (SSSR count).